The van der Waals surface area contributed by atoms with E-state index < -0.39 is 21.5 Å². The van der Waals surface area contributed by atoms with Crippen LogP contribution in [-0.2, 0) is 10.0 Å². The normalized spacial score (nSPS) is 11.8. The summed E-state index contributed by atoms with van der Waals surface area (Å²) in [6.45, 7) is 5.93. The zero-order valence-corrected chi connectivity index (χ0v) is 23.4. The van der Waals surface area contributed by atoms with Crippen LogP contribution in [0.2, 0.25) is 5.02 Å². The number of aryl methyl sites for hydroxylation is 1. The number of carbonyl (C=O) groups excluding carboxylic acids is 1. The molecular formula is C26H25ClN8O4S. The first-order chi connectivity index (χ1) is 19.1. The van der Waals surface area contributed by atoms with Gasteiger partial charge in [-0.05, 0) is 49.4 Å². The van der Waals surface area contributed by atoms with E-state index in [0.29, 0.717) is 29.5 Å². The van der Waals surface area contributed by atoms with Gasteiger partial charge in [-0.2, -0.15) is 24.2 Å². The summed E-state index contributed by atoms with van der Waals surface area (Å²) >= 11 is 6.14. The number of amides is 1. The van der Waals surface area contributed by atoms with Gasteiger partial charge in [0, 0.05) is 29.7 Å². The average Bonchev–Trinajstić information content (AvgIpc) is 3.52. The minimum absolute atomic E-state index is 0.0605. The fourth-order valence-corrected chi connectivity index (χ4v) is 5.88. The molecule has 40 heavy (non-hydrogen) atoms. The molecule has 0 aliphatic carbocycles. The second-order valence-corrected chi connectivity index (χ2v) is 11.2. The minimum Gasteiger partial charge on any atom is -0.306 e. The number of anilines is 1. The second-order valence-electron chi connectivity index (χ2n) is 8.81. The molecule has 3 heterocycles. The number of hydrogen-bond acceptors (Lipinski definition) is 7. The fraction of sp³-hybridized carbons (Fsp3) is 0.192. The number of fused-ring (bicyclic) bond motifs is 1. The van der Waals surface area contributed by atoms with Crippen LogP contribution in [0.1, 0.15) is 29.9 Å². The lowest BCUT2D eigenvalue weighted by molar-refractivity contribution is 0.102. The summed E-state index contributed by atoms with van der Waals surface area (Å²) in [5, 5.41) is 12.2. The summed E-state index contributed by atoms with van der Waals surface area (Å²) in [6.07, 6.45) is 1.41. The predicted molar refractivity (Wildman–Crippen MR) is 151 cm³/mol. The highest BCUT2D eigenvalue weighted by Crippen LogP contribution is 2.21. The standard InChI is InChI=1S/C26H25ClN8O4S/c1-4-33(5-2)40(38,39)20-11-9-17(10-12-20)24(36)29-22-13-16(3)32-35(22)26-30-23-21(25(37)31-26)15-28-34(23)19-8-6-7-18(27)14-19/h6-15H,4-5H2,1-3H3,(H,29,36)(H,30,31,37). The third-order valence-corrected chi connectivity index (χ3v) is 8.51. The minimum atomic E-state index is -3.65. The van der Waals surface area contributed by atoms with E-state index in [1.54, 1.807) is 51.1 Å². The molecule has 5 rings (SSSR count). The SMILES string of the molecule is CCN(CC)S(=O)(=O)c1ccc(C(=O)Nc2cc(C)nn2-c2nc3c(cnn3-c3cccc(Cl)c3)c(=O)[nH]2)cc1. The number of H-pyrrole nitrogens is 1. The van der Waals surface area contributed by atoms with Crippen molar-refractivity contribution < 1.29 is 13.2 Å². The summed E-state index contributed by atoms with van der Waals surface area (Å²) in [4.78, 5) is 33.3. The van der Waals surface area contributed by atoms with E-state index in [4.69, 9.17) is 11.6 Å². The molecule has 2 N–H and O–H groups in total. The van der Waals surface area contributed by atoms with Crippen molar-refractivity contribution in [3.63, 3.8) is 0 Å². The maximum absolute atomic E-state index is 13.1. The lowest BCUT2D eigenvalue weighted by atomic mass is 10.2. The Hall–Kier alpha value is -4.33. The van der Waals surface area contributed by atoms with Crippen LogP contribution in [0, 0.1) is 6.92 Å². The van der Waals surface area contributed by atoms with E-state index in [9.17, 15) is 18.0 Å². The van der Waals surface area contributed by atoms with E-state index >= 15 is 0 Å². The third-order valence-electron chi connectivity index (χ3n) is 6.21. The van der Waals surface area contributed by atoms with E-state index in [-0.39, 0.29) is 33.3 Å². The van der Waals surface area contributed by atoms with Gasteiger partial charge in [0.2, 0.25) is 16.0 Å². The molecule has 2 aromatic carbocycles. The molecule has 0 radical (unpaired) electrons. The van der Waals surface area contributed by atoms with Crippen molar-refractivity contribution in [2.45, 2.75) is 25.7 Å². The Labute approximate surface area is 234 Å². The quantitative estimate of drug-likeness (QED) is 0.285. The van der Waals surface area contributed by atoms with Crippen molar-refractivity contribution >= 4 is 44.4 Å². The zero-order valence-electron chi connectivity index (χ0n) is 21.8. The topological polar surface area (TPSA) is 148 Å². The van der Waals surface area contributed by atoms with Crippen LogP contribution >= 0.6 is 11.6 Å². The maximum atomic E-state index is 13.1. The van der Waals surface area contributed by atoms with Gasteiger partial charge >= 0.3 is 0 Å². The highest BCUT2D eigenvalue weighted by Gasteiger charge is 2.22. The number of hydrogen-bond donors (Lipinski definition) is 2. The molecular weight excluding hydrogens is 556 g/mol. The second kappa shape index (κ2) is 10.7. The van der Waals surface area contributed by atoms with Crippen LogP contribution < -0.4 is 10.9 Å². The van der Waals surface area contributed by atoms with Crippen molar-refractivity contribution in [3.8, 4) is 11.6 Å². The van der Waals surface area contributed by atoms with Crippen LogP contribution in [0.3, 0.4) is 0 Å². The number of benzene rings is 2. The van der Waals surface area contributed by atoms with Gasteiger partial charge in [0.15, 0.2) is 5.65 Å². The number of rotatable bonds is 8. The van der Waals surface area contributed by atoms with Gasteiger partial charge in [-0.25, -0.2) is 13.1 Å². The molecule has 0 aliphatic heterocycles. The molecule has 0 bridgehead atoms. The summed E-state index contributed by atoms with van der Waals surface area (Å²) < 4.78 is 29.7. The summed E-state index contributed by atoms with van der Waals surface area (Å²) in [5.41, 5.74) is 1.24. The molecule has 3 aromatic heterocycles. The van der Waals surface area contributed by atoms with Crippen LogP contribution in [-0.4, -0.2) is 61.2 Å². The number of aromatic nitrogens is 6. The Balaban J connectivity index is 1.47. The number of carbonyl (C=O) groups is 1. The number of nitrogens with zero attached hydrogens (tertiary/aromatic N) is 6. The van der Waals surface area contributed by atoms with E-state index in [1.807, 2.05) is 0 Å². The number of aromatic amines is 1. The first-order valence-corrected chi connectivity index (χ1v) is 14.2. The Morgan fingerprint density at radius 2 is 1.80 bits per heavy atom. The van der Waals surface area contributed by atoms with Crippen LogP contribution in [0.25, 0.3) is 22.7 Å². The molecule has 0 saturated carbocycles. The molecule has 1 amide bonds. The van der Waals surface area contributed by atoms with Gasteiger partial charge < -0.3 is 5.32 Å². The molecule has 12 nitrogen and oxygen atoms in total. The van der Waals surface area contributed by atoms with Gasteiger partial charge in [0.05, 0.1) is 22.5 Å². The number of nitrogens with one attached hydrogen (secondary N) is 2. The molecule has 0 unspecified atom stereocenters. The van der Waals surface area contributed by atoms with E-state index in [0.717, 1.165) is 0 Å². The monoisotopic (exact) mass is 580 g/mol. The lowest BCUT2D eigenvalue weighted by Crippen LogP contribution is -2.30. The molecule has 0 aliphatic rings. The molecule has 0 saturated heterocycles. The summed E-state index contributed by atoms with van der Waals surface area (Å²) in [6, 6.07) is 14.3. The Kier molecular flexibility index (Phi) is 7.27. The fourth-order valence-electron chi connectivity index (χ4n) is 4.23. The maximum Gasteiger partial charge on any atom is 0.263 e. The molecule has 0 atom stereocenters. The molecule has 0 fully saturated rings. The van der Waals surface area contributed by atoms with Gasteiger partial charge in [-0.15, -0.1) is 0 Å². The smallest absolute Gasteiger partial charge is 0.263 e. The zero-order chi connectivity index (χ0) is 28.6. The van der Waals surface area contributed by atoms with Crippen LogP contribution in [0.15, 0.2) is 70.5 Å². The van der Waals surface area contributed by atoms with Gasteiger partial charge in [0.1, 0.15) is 11.2 Å². The van der Waals surface area contributed by atoms with E-state index in [2.05, 4.69) is 25.5 Å². The number of sulfonamides is 1. The molecule has 14 heteroatoms. The van der Waals surface area contributed by atoms with Crippen molar-refractivity contribution in [3.05, 3.63) is 87.4 Å². The predicted octanol–water partition coefficient (Wildman–Crippen LogP) is 3.54. The van der Waals surface area contributed by atoms with Crippen LogP contribution in [0.4, 0.5) is 5.82 Å². The first kappa shape index (κ1) is 27.2. The molecule has 0 spiro atoms. The Morgan fingerprint density at radius 3 is 2.48 bits per heavy atom. The number of halogens is 1. The van der Waals surface area contributed by atoms with Gasteiger partial charge in [0.25, 0.3) is 11.5 Å². The molecule has 206 valence electrons. The lowest BCUT2D eigenvalue weighted by Gasteiger charge is -2.18. The van der Waals surface area contributed by atoms with E-state index in [1.165, 1.54) is 44.1 Å². The highest BCUT2D eigenvalue weighted by atomic mass is 35.5. The largest absolute Gasteiger partial charge is 0.306 e. The van der Waals surface area contributed by atoms with Crippen molar-refractivity contribution in [1.29, 1.82) is 0 Å². The van der Waals surface area contributed by atoms with Gasteiger partial charge in [-0.1, -0.05) is 31.5 Å². The summed E-state index contributed by atoms with van der Waals surface area (Å²) in [5.74, 6) is -0.190. The van der Waals surface area contributed by atoms with Crippen molar-refractivity contribution in [2.75, 3.05) is 18.4 Å². The first-order valence-electron chi connectivity index (χ1n) is 12.3. The van der Waals surface area contributed by atoms with Crippen LogP contribution in [0.5, 0.6) is 0 Å². The summed E-state index contributed by atoms with van der Waals surface area (Å²) in [7, 11) is -3.65. The third kappa shape index (κ3) is 5.01. The molecule has 5 aromatic rings. The Morgan fingerprint density at radius 1 is 1.07 bits per heavy atom. The Bertz CT molecular complexity index is 1890. The van der Waals surface area contributed by atoms with Crippen molar-refractivity contribution in [2.24, 2.45) is 0 Å². The van der Waals surface area contributed by atoms with Gasteiger partial charge in [-0.3, -0.25) is 14.6 Å². The average molecular weight is 581 g/mol. The highest BCUT2D eigenvalue weighted by molar-refractivity contribution is 7.89. The van der Waals surface area contributed by atoms with Crippen molar-refractivity contribution in [1.82, 2.24) is 33.8 Å².